The Morgan fingerprint density at radius 3 is 1.96 bits per heavy atom. The molecule has 3 nitrogen and oxygen atoms in total. The molecule has 0 saturated heterocycles. The van der Waals surface area contributed by atoms with Gasteiger partial charge in [-0.05, 0) is 18.6 Å². The summed E-state index contributed by atoms with van der Waals surface area (Å²) in [6.45, 7) is 2.23. The smallest absolute Gasteiger partial charge is 0.180 e. The van der Waals surface area contributed by atoms with E-state index in [9.17, 15) is 13.5 Å². The molecule has 0 bridgehead atoms. The summed E-state index contributed by atoms with van der Waals surface area (Å²) in [6.07, 6.45) is 10.8. The number of rotatable bonds is 13. The van der Waals surface area contributed by atoms with Gasteiger partial charge in [-0.2, -0.15) is 0 Å². The standard InChI is InChI=1S/C19H32O3S/c1-2-3-4-5-6-7-8-9-11-14-18(20)17-23(21,22)19-15-12-10-13-16-19/h10,12-13,15-16,18,20H,2-9,11,14,17H2,1H3. The van der Waals surface area contributed by atoms with E-state index in [4.69, 9.17) is 0 Å². The third kappa shape index (κ3) is 9.11. The number of hydrogen-bond donors (Lipinski definition) is 1. The van der Waals surface area contributed by atoms with Crippen LogP contribution in [0.1, 0.15) is 71.1 Å². The van der Waals surface area contributed by atoms with Gasteiger partial charge in [0.25, 0.3) is 0 Å². The lowest BCUT2D eigenvalue weighted by Crippen LogP contribution is -2.20. The van der Waals surface area contributed by atoms with E-state index in [0.717, 1.165) is 12.8 Å². The minimum atomic E-state index is -3.37. The van der Waals surface area contributed by atoms with Crippen molar-refractivity contribution >= 4 is 9.84 Å². The van der Waals surface area contributed by atoms with Crippen molar-refractivity contribution in [1.29, 1.82) is 0 Å². The topological polar surface area (TPSA) is 54.4 Å². The predicted molar refractivity (Wildman–Crippen MR) is 96.3 cm³/mol. The van der Waals surface area contributed by atoms with Crippen molar-refractivity contribution in [2.24, 2.45) is 0 Å². The normalized spacial score (nSPS) is 13.1. The quantitative estimate of drug-likeness (QED) is 0.528. The van der Waals surface area contributed by atoms with E-state index in [2.05, 4.69) is 6.92 Å². The SMILES string of the molecule is CCCCCCCCCCCC(O)CS(=O)(=O)c1ccccc1. The van der Waals surface area contributed by atoms with Gasteiger partial charge in [0.15, 0.2) is 9.84 Å². The van der Waals surface area contributed by atoms with Crippen LogP contribution in [0.4, 0.5) is 0 Å². The molecular weight excluding hydrogens is 308 g/mol. The Kier molecular flexibility index (Phi) is 10.2. The molecule has 1 aromatic rings. The molecule has 0 aliphatic rings. The maximum Gasteiger partial charge on any atom is 0.180 e. The zero-order valence-corrected chi connectivity index (χ0v) is 15.2. The maximum absolute atomic E-state index is 12.1. The third-order valence-electron chi connectivity index (χ3n) is 4.16. The lowest BCUT2D eigenvalue weighted by atomic mass is 10.1. The predicted octanol–water partition coefficient (Wildman–Crippen LogP) is 4.74. The molecule has 0 aliphatic heterocycles. The first kappa shape index (κ1) is 20.2. The first-order valence-electron chi connectivity index (χ1n) is 9.02. The van der Waals surface area contributed by atoms with Gasteiger partial charge < -0.3 is 5.11 Å². The molecule has 0 fully saturated rings. The van der Waals surface area contributed by atoms with Crippen LogP contribution in [0.2, 0.25) is 0 Å². The summed E-state index contributed by atoms with van der Waals surface area (Å²) in [5.74, 6) is -0.173. The van der Waals surface area contributed by atoms with E-state index in [1.165, 1.54) is 44.9 Å². The summed E-state index contributed by atoms with van der Waals surface area (Å²) in [5, 5.41) is 9.97. The van der Waals surface area contributed by atoms with Gasteiger partial charge in [-0.1, -0.05) is 82.9 Å². The molecule has 1 aromatic carbocycles. The number of unbranched alkanes of at least 4 members (excludes halogenated alkanes) is 8. The van der Waals surface area contributed by atoms with E-state index in [0.29, 0.717) is 11.3 Å². The van der Waals surface area contributed by atoms with Crippen LogP contribution in [0.15, 0.2) is 35.2 Å². The zero-order chi connectivity index (χ0) is 17.0. The van der Waals surface area contributed by atoms with Crippen molar-refractivity contribution in [3.63, 3.8) is 0 Å². The highest BCUT2D eigenvalue weighted by atomic mass is 32.2. The van der Waals surface area contributed by atoms with Crippen LogP contribution < -0.4 is 0 Å². The number of aliphatic hydroxyl groups excluding tert-OH is 1. The van der Waals surface area contributed by atoms with Crippen molar-refractivity contribution in [2.75, 3.05) is 5.75 Å². The van der Waals surface area contributed by atoms with Gasteiger partial charge in [-0.25, -0.2) is 8.42 Å². The van der Waals surface area contributed by atoms with Gasteiger partial charge >= 0.3 is 0 Å². The molecule has 1 unspecified atom stereocenters. The summed E-state index contributed by atoms with van der Waals surface area (Å²) in [4.78, 5) is 0.297. The molecule has 132 valence electrons. The Bertz CT molecular complexity index is 497. The zero-order valence-electron chi connectivity index (χ0n) is 14.4. The molecule has 0 spiro atoms. The first-order valence-corrected chi connectivity index (χ1v) is 10.7. The van der Waals surface area contributed by atoms with Crippen molar-refractivity contribution < 1.29 is 13.5 Å². The Morgan fingerprint density at radius 1 is 0.870 bits per heavy atom. The second-order valence-corrected chi connectivity index (χ2v) is 8.40. The van der Waals surface area contributed by atoms with E-state index in [-0.39, 0.29) is 5.75 Å². The lowest BCUT2D eigenvalue weighted by molar-refractivity contribution is 0.182. The second-order valence-electron chi connectivity index (χ2n) is 6.37. The van der Waals surface area contributed by atoms with Crippen molar-refractivity contribution in [3.05, 3.63) is 30.3 Å². The minimum absolute atomic E-state index is 0.173. The Hall–Kier alpha value is -0.870. The van der Waals surface area contributed by atoms with Crippen LogP contribution in [0, 0.1) is 0 Å². The van der Waals surface area contributed by atoms with Gasteiger partial charge in [-0.3, -0.25) is 0 Å². The summed E-state index contributed by atoms with van der Waals surface area (Å²) < 4.78 is 24.3. The average Bonchev–Trinajstić information content (AvgIpc) is 2.54. The van der Waals surface area contributed by atoms with Gasteiger partial charge in [0, 0.05) is 0 Å². The van der Waals surface area contributed by atoms with Crippen LogP contribution in [-0.2, 0) is 9.84 Å². The van der Waals surface area contributed by atoms with Gasteiger partial charge in [0.05, 0.1) is 16.8 Å². The summed E-state index contributed by atoms with van der Waals surface area (Å²) >= 11 is 0. The molecule has 23 heavy (non-hydrogen) atoms. The molecule has 0 amide bonds. The number of aliphatic hydroxyl groups is 1. The average molecular weight is 341 g/mol. The van der Waals surface area contributed by atoms with Gasteiger partial charge in [0.2, 0.25) is 0 Å². The number of benzene rings is 1. The van der Waals surface area contributed by atoms with E-state index in [1.807, 2.05) is 0 Å². The monoisotopic (exact) mass is 340 g/mol. The van der Waals surface area contributed by atoms with Crippen molar-refractivity contribution in [2.45, 2.75) is 82.1 Å². The molecule has 0 aliphatic carbocycles. The Balaban J connectivity index is 2.12. The van der Waals surface area contributed by atoms with Crippen LogP contribution in [0.5, 0.6) is 0 Å². The summed E-state index contributed by atoms with van der Waals surface area (Å²) in [7, 11) is -3.37. The molecule has 0 saturated carbocycles. The van der Waals surface area contributed by atoms with Crippen molar-refractivity contribution in [3.8, 4) is 0 Å². The highest BCUT2D eigenvalue weighted by Gasteiger charge is 2.18. The van der Waals surface area contributed by atoms with E-state index >= 15 is 0 Å². The molecular formula is C19H32O3S. The van der Waals surface area contributed by atoms with Crippen LogP contribution in [0.25, 0.3) is 0 Å². The molecule has 1 rings (SSSR count). The molecule has 0 radical (unpaired) electrons. The number of hydrogen-bond acceptors (Lipinski definition) is 3. The van der Waals surface area contributed by atoms with Crippen molar-refractivity contribution in [1.82, 2.24) is 0 Å². The molecule has 0 aromatic heterocycles. The second kappa shape index (κ2) is 11.6. The number of sulfone groups is 1. The molecule has 0 heterocycles. The fraction of sp³-hybridized carbons (Fsp3) is 0.684. The maximum atomic E-state index is 12.1. The first-order chi connectivity index (χ1) is 11.1. The summed E-state index contributed by atoms with van der Waals surface area (Å²) in [6, 6.07) is 8.37. The van der Waals surface area contributed by atoms with E-state index < -0.39 is 15.9 Å². The van der Waals surface area contributed by atoms with Crippen LogP contribution >= 0.6 is 0 Å². The Morgan fingerprint density at radius 2 is 1.39 bits per heavy atom. The largest absolute Gasteiger partial charge is 0.392 e. The van der Waals surface area contributed by atoms with E-state index in [1.54, 1.807) is 30.3 Å². The molecule has 1 N–H and O–H groups in total. The lowest BCUT2D eigenvalue weighted by Gasteiger charge is -2.11. The third-order valence-corrected chi connectivity index (χ3v) is 5.97. The molecule has 4 heteroatoms. The van der Waals surface area contributed by atoms with Crippen LogP contribution in [-0.4, -0.2) is 25.4 Å². The fourth-order valence-electron chi connectivity index (χ4n) is 2.75. The minimum Gasteiger partial charge on any atom is -0.392 e. The molecule has 1 atom stereocenters. The Labute approximate surface area is 142 Å². The van der Waals surface area contributed by atoms with Gasteiger partial charge in [-0.15, -0.1) is 0 Å². The highest BCUT2D eigenvalue weighted by molar-refractivity contribution is 7.91. The fourth-order valence-corrected chi connectivity index (χ4v) is 4.19. The highest BCUT2D eigenvalue weighted by Crippen LogP contribution is 2.15. The van der Waals surface area contributed by atoms with Gasteiger partial charge in [0.1, 0.15) is 0 Å². The van der Waals surface area contributed by atoms with Crippen LogP contribution in [0.3, 0.4) is 0 Å². The summed E-state index contributed by atoms with van der Waals surface area (Å²) in [5.41, 5.74) is 0.